The SMILES string of the molecule is CCOP(C)(=O)c1ccc([C@@H](NC(=O)c2cnc(-n3cc(F)cn3)[nH]c2=O)c2ccc(F)cc2)cc1. The Morgan fingerprint density at radius 3 is 2.28 bits per heavy atom. The van der Waals surface area contributed by atoms with Crippen LogP contribution in [-0.2, 0) is 9.09 Å². The Hall–Kier alpha value is -3.95. The summed E-state index contributed by atoms with van der Waals surface area (Å²) in [6, 6.07) is 11.4. The van der Waals surface area contributed by atoms with Gasteiger partial charge >= 0.3 is 0 Å². The Morgan fingerprint density at radius 2 is 1.72 bits per heavy atom. The molecule has 2 heterocycles. The van der Waals surface area contributed by atoms with Crippen molar-refractivity contribution in [1.82, 2.24) is 25.1 Å². The second kappa shape index (κ2) is 10.3. The first-order valence-corrected chi connectivity index (χ1v) is 12.9. The van der Waals surface area contributed by atoms with Crippen molar-refractivity contribution in [2.75, 3.05) is 13.3 Å². The molecular weight excluding hydrogens is 491 g/mol. The van der Waals surface area contributed by atoms with Crippen LogP contribution in [0.3, 0.4) is 0 Å². The predicted octanol–water partition coefficient (Wildman–Crippen LogP) is 3.32. The van der Waals surface area contributed by atoms with Crippen molar-refractivity contribution in [2.24, 2.45) is 0 Å². The molecule has 0 aliphatic rings. The van der Waals surface area contributed by atoms with Crippen molar-refractivity contribution in [3.63, 3.8) is 0 Å². The Balaban J connectivity index is 1.65. The summed E-state index contributed by atoms with van der Waals surface area (Å²) in [6.45, 7) is 3.56. The van der Waals surface area contributed by atoms with Gasteiger partial charge in [-0.2, -0.15) is 5.10 Å². The number of benzene rings is 2. The lowest BCUT2D eigenvalue weighted by molar-refractivity contribution is 0.0941. The van der Waals surface area contributed by atoms with Gasteiger partial charge in [0.1, 0.15) is 11.4 Å². The van der Waals surface area contributed by atoms with Gasteiger partial charge < -0.3 is 9.84 Å². The van der Waals surface area contributed by atoms with E-state index < -0.39 is 36.5 Å². The fraction of sp³-hybridized carbons (Fsp3) is 0.167. The van der Waals surface area contributed by atoms with Crippen molar-refractivity contribution < 1.29 is 22.7 Å². The number of aromatic nitrogens is 4. The van der Waals surface area contributed by atoms with Crippen molar-refractivity contribution >= 4 is 18.6 Å². The number of nitrogens with one attached hydrogen (secondary N) is 2. The standard InChI is InChI=1S/C24H22F2N5O4P/c1-3-35-36(2,34)19-10-6-16(7-11-19)21(15-4-8-17(25)9-5-15)29-22(32)20-13-27-24(30-23(20)33)31-14-18(26)12-28-31/h4-14,21H,3H2,1-2H3,(H,29,32)(H,27,30,33)/t21-,36?/m0/s1. The van der Waals surface area contributed by atoms with Crippen molar-refractivity contribution in [3.05, 3.63) is 106 Å². The maximum atomic E-state index is 13.6. The molecule has 2 N–H and O–H groups in total. The third-order valence-corrected chi connectivity index (χ3v) is 7.34. The minimum absolute atomic E-state index is 0.0654. The molecule has 0 fully saturated rings. The van der Waals surface area contributed by atoms with Crippen molar-refractivity contribution in [3.8, 4) is 5.95 Å². The number of rotatable bonds is 8. The zero-order chi connectivity index (χ0) is 25.9. The molecule has 186 valence electrons. The number of carbonyl (C=O) groups excluding carboxylic acids is 1. The van der Waals surface area contributed by atoms with Crippen LogP contribution >= 0.6 is 7.37 Å². The molecule has 36 heavy (non-hydrogen) atoms. The summed E-state index contributed by atoms with van der Waals surface area (Å²) in [5, 5.41) is 6.99. The van der Waals surface area contributed by atoms with Gasteiger partial charge in [-0.05, 0) is 42.3 Å². The van der Waals surface area contributed by atoms with E-state index in [-0.39, 0.29) is 11.5 Å². The van der Waals surface area contributed by atoms with E-state index in [2.05, 4.69) is 20.4 Å². The minimum Gasteiger partial charge on any atom is -0.341 e. The second-order valence-corrected chi connectivity index (χ2v) is 10.3. The molecule has 0 aliphatic heterocycles. The monoisotopic (exact) mass is 513 g/mol. The van der Waals surface area contributed by atoms with E-state index in [1.807, 2.05) is 0 Å². The molecule has 0 bridgehead atoms. The van der Waals surface area contributed by atoms with Gasteiger partial charge in [0.25, 0.3) is 11.5 Å². The fourth-order valence-corrected chi connectivity index (χ4v) is 4.89. The highest BCUT2D eigenvalue weighted by molar-refractivity contribution is 7.66. The number of hydrogen-bond donors (Lipinski definition) is 2. The zero-order valence-electron chi connectivity index (χ0n) is 19.3. The van der Waals surface area contributed by atoms with E-state index in [9.17, 15) is 22.9 Å². The van der Waals surface area contributed by atoms with Crippen LogP contribution in [0.1, 0.15) is 34.5 Å². The lowest BCUT2D eigenvalue weighted by atomic mass is 9.98. The molecular formula is C24H22F2N5O4P. The van der Waals surface area contributed by atoms with Gasteiger partial charge in [-0.1, -0.05) is 24.3 Å². The minimum atomic E-state index is -3.01. The van der Waals surface area contributed by atoms with Gasteiger partial charge in [-0.15, -0.1) is 0 Å². The van der Waals surface area contributed by atoms with Crippen LogP contribution in [0.5, 0.6) is 0 Å². The highest BCUT2D eigenvalue weighted by atomic mass is 31.2. The van der Waals surface area contributed by atoms with Gasteiger partial charge in [0.15, 0.2) is 5.82 Å². The van der Waals surface area contributed by atoms with Crippen molar-refractivity contribution in [2.45, 2.75) is 13.0 Å². The summed E-state index contributed by atoms with van der Waals surface area (Å²) in [6.07, 6.45) is 3.03. The number of H-pyrrole nitrogens is 1. The average Bonchev–Trinajstić information content (AvgIpc) is 3.29. The molecule has 0 radical (unpaired) electrons. The predicted molar refractivity (Wildman–Crippen MR) is 129 cm³/mol. The van der Waals surface area contributed by atoms with Crippen LogP contribution in [0, 0.1) is 11.6 Å². The molecule has 1 unspecified atom stereocenters. The molecule has 4 rings (SSSR count). The second-order valence-electron chi connectivity index (χ2n) is 7.87. The van der Waals surface area contributed by atoms with Gasteiger partial charge in [0.05, 0.1) is 25.0 Å². The highest BCUT2D eigenvalue weighted by Gasteiger charge is 2.23. The molecule has 2 atom stereocenters. The maximum absolute atomic E-state index is 13.6. The van der Waals surface area contributed by atoms with Crippen LogP contribution in [0.4, 0.5) is 8.78 Å². The third-order valence-electron chi connectivity index (χ3n) is 5.35. The molecule has 0 aliphatic carbocycles. The number of carbonyl (C=O) groups is 1. The first kappa shape index (κ1) is 25.2. The molecule has 0 saturated carbocycles. The molecule has 2 aromatic heterocycles. The van der Waals surface area contributed by atoms with Crippen LogP contribution < -0.4 is 16.2 Å². The highest BCUT2D eigenvalue weighted by Crippen LogP contribution is 2.41. The molecule has 0 saturated heterocycles. The number of nitrogens with zero attached hydrogens (tertiary/aromatic N) is 3. The first-order chi connectivity index (χ1) is 17.2. The number of amides is 1. The smallest absolute Gasteiger partial charge is 0.265 e. The van der Waals surface area contributed by atoms with Crippen LogP contribution in [0.15, 0.2) is 71.9 Å². The first-order valence-electron chi connectivity index (χ1n) is 10.9. The Morgan fingerprint density at radius 1 is 1.08 bits per heavy atom. The zero-order valence-corrected chi connectivity index (χ0v) is 20.2. The van der Waals surface area contributed by atoms with E-state index in [1.54, 1.807) is 31.2 Å². The quantitative estimate of drug-likeness (QED) is 0.349. The van der Waals surface area contributed by atoms with E-state index >= 15 is 0 Å². The number of aromatic amines is 1. The van der Waals surface area contributed by atoms with E-state index in [4.69, 9.17) is 4.52 Å². The van der Waals surface area contributed by atoms with Gasteiger partial charge in [-0.3, -0.25) is 19.1 Å². The van der Waals surface area contributed by atoms with E-state index in [0.717, 1.165) is 23.3 Å². The molecule has 2 aromatic carbocycles. The molecule has 9 nitrogen and oxygen atoms in total. The molecule has 1 amide bonds. The fourth-order valence-electron chi connectivity index (χ4n) is 3.56. The average molecular weight is 513 g/mol. The van der Waals surface area contributed by atoms with Crippen LogP contribution in [0.2, 0.25) is 0 Å². The van der Waals surface area contributed by atoms with E-state index in [0.29, 0.717) is 23.0 Å². The maximum Gasteiger partial charge on any atom is 0.265 e. The normalized spacial score (nSPS) is 13.7. The lowest BCUT2D eigenvalue weighted by Gasteiger charge is -2.21. The molecule has 4 aromatic rings. The number of hydrogen-bond acceptors (Lipinski definition) is 6. The Labute approximate surface area is 204 Å². The summed E-state index contributed by atoms with van der Waals surface area (Å²) in [5.41, 5.74) is 0.105. The van der Waals surface area contributed by atoms with Gasteiger partial charge in [0, 0.05) is 18.2 Å². The summed E-state index contributed by atoms with van der Waals surface area (Å²) in [5.74, 6) is -1.87. The van der Waals surface area contributed by atoms with Crippen molar-refractivity contribution in [1.29, 1.82) is 0 Å². The Bertz CT molecular complexity index is 1490. The Kier molecular flexibility index (Phi) is 7.23. The summed E-state index contributed by atoms with van der Waals surface area (Å²) >= 11 is 0. The topological polar surface area (TPSA) is 119 Å². The van der Waals surface area contributed by atoms with Gasteiger partial charge in [-0.25, -0.2) is 18.4 Å². The molecule has 0 spiro atoms. The number of halogens is 2. The van der Waals surface area contributed by atoms with Crippen LogP contribution in [0.25, 0.3) is 5.95 Å². The summed E-state index contributed by atoms with van der Waals surface area (Å²) in [4.78, 5) is 32.0. The van der Waals surface area contributed by atoms with Crippen LogP contribution in [-0.4, -0.2) is 38.9 Å². The van der Waals surface area contributed by atoms with E-state index in [1.165, 1.54) is 30.9 Å². The largest absolute Gasteiger partial charge is 0.341 e. The third kappa shape index (κ3) is 5.48. The van der Waals surface area contributed by atoms with Gasteiger partial charge in [0.2, 0.25) is 13.3 Å². The lowest BCUT2D eigenvalue weighted by Crippen LogP contribution is -2.34. The summed E-state index contributed by atoms with van der Waals surface area (Å²) in [7, 11) is -3.01. The molecule has 12 heteroatoms. The summed E-state index contributed by atoms with van der Waals surface area (Å²) < 4.78 is 45.9.